The SMILES string of the molecule is CCC(CNC(=O)N1CCN(C(=O)c2ccccc2)CC1)N1CCOCC1. The van der Waals surface area contributed by atoms with E-state index in [9.17, 15) is 9.59 Å². The molecule has 0 radical (unpaired) electrons. The number of morpholine rings is 1. The molecule has 1 N–H and O–H groups in total. The summed E-state index contributed by atoms with van der Waals surface area (Å²) < 4.78 is 5.41. The Morgan fingerprint density at radius 2 is 1.63 bits per heavy atom. The van der Waals surface area contributed by atoms with E-state index in [0.29, 0.717) is 44.3 Å². The normalized spacial score (nSPS) is 19.6. The summed E-state index contributed by atoms with van der Waals surface area (Å²) in [4.78, 5) is 31.0. The molecule has 0 bridgehead atoms. The molecule has 1 aromatic rings. The molecule has 3 amide bonds. The predicted octanol–water partition coefficient (Wildman–Crippen LogP) is 1.26. The molecule has 2 aliphatic rings. The number of amides is 3. The van der Waals surface area contributed by atoms with Crippen molar-refractivity contribution in [1.82, 2.24) is 20.0 Å². The standard InChI is InChI=1S/C20H30N4O3/c1-2-18(22-12-14-27-15-13-22)16-21-20(26)24-10-8-23(9-11-24)19(25)17-6-4-3-5-7-17/h3-7,18H,2,8-16H2,1H3,(H,21,26). The van der Waals surface area contributed by atoms with Crippen LogP contribution in [0.1, 0.15) is 23.7 Å². The summed E-state index contributed by atoms with van der Waals surface area (Å²) in [6.07, 6.45) is 1.000. The molecule has 7 nitrogen and oxygen atoms in total. The van der Waals surface area contributed by atoms with E-state index in [-0.39, 0.29) is 11.9 Å². The number of nitrogens with one attached hydrogen (secondary N) is 1. The number of piperazine rings is 1. The summed E-state index contributed by atoms with van der Waals surface area (Å²) in [6, 6.07) is 9.62. The number of carbonyl (C=O) groups is 2. The van der Waals surface area contributed by atoms with Gasteiger partial charge < -0.3 is 19.9 Å². The number of rotatable bonds is 5. The third-order valence-electron chi connectivity index (χ3n) is 5.40. The minimum atomic E-state index is -0.0338. The molecule has 0 spiro atoms. The molecule has 0 aromatic heterocycles. The second kappa shape index (κ2) is 9.71. The smallest absolute Gasteiger partial charge is 0.317 e. The summed E-state index contributed by atoms with van der Waals surface area (Å²) in [5.74, 6) is 0.0361. The second-order valence-electron chi connectivity index (χ2n) is 7.04. The highest BCUT2D eigenvalue weighted by Gasteiger charge is 2.26. The van der Waals surface area contributed by atoms with Gasteiger partial charge in [-0.2, -0.15) is 0 Å². The van der Waals surface area contributed by atoms with Crippen molar-refractivity contribution in [2.75, 3.05) is 59.0 Å². The fourth-order valence-electron chi connectivity index (χ4n) is 3.67. The lowest BCUT2D eigenvalue weighted by molar-refractivity contribution is 0.0161. The van der Waals surface area contributed by atoms with E-state index in [1.165, 1.54) is 0 Å². The molecule has 1 aromatic carbocycles. The summed E-state index contributed by atoms with van der Waals surface area (Å²) in [5, 5.41) is 3.08. The number of urea groups is 1. The van der Waals surface area contributed by atoms with Gasteiger partial charge in [0.25, 0.3) is 5.91 Å². The Kier molecular flexibility index (Phi) is 7.06. The molecule has 0 aliphatic carbocycles. The van der Waals surface area contributed by atoms with Crippen LogP contribution in [0.25, 0.3) is 0 Å². The highest BCUT2D eigenvalue weighted by atomic mass is 16.5. The van der Waals surface area contributed by atoms with Gasteiger partial charge in [0.1, 0.15) is 0 Å². The molecule has 1 unspecified atom stereocenters. The summed E-state index contributed by atoms with van der Waals surface area (Å²) in [6.45, 7) is 8.47. The fraction of sp³-hybridized carbons (Fsp3) is 0.600. The Morgan fingerprint density at radius 3 is 2.26 bits per heavy atom. The molecule has 2 heterocycles. The van der Waals surface area contributed by atoms with E-state index in [0.717, 1.165) is 32.7 Å². The van der Waals surface area contributed by atoms with Crippen molar-refractivity contribution in [3.8, 4) is 0 Å². The Bertz CT molecular complexity index is 611. The zero-order chi connectivity index (χ0) is 19.1. The lowest BCUT2D eigenvalue weighted by Crippen LogP contribution is -2.55. The van der Waals surface area contributed by atoms with Crippen LogP contribution >= 0.6 is 0 Å². The monoisotopic (exact) mass is 374 g/mol. The van der Waals surface area contributed by atoms with E-state index in [4.69, 9.17) is 4.74 Å². The first-order valence-electron chi connectivity index (χ1n) is 9.88. The Hall–Kier alpha value is -2.12. The van der Waals surface area contributed by atoms with Crippen molar-refractivity contribution in [2.45, 2.75) is 19.4 Å². The Balaban J connectivity index is 1.43. The van der Waals surface area contributed by atoms with Crippen LogP contribution in [0.15, 0.2) is 30.3 Å². The van der Waals surface area contributed by atoms with Gasteiger partial charge in [0.2, 0.25) is 0 Å². The molecular formula is C20H30N4O3. The van der Waals surface area contributed by atoms with Crippen LogP contribution in [0.5, 0.6) is 0 Å². The predicted molar refractivity (Wildman–Crippen MR) is 104 cm³/mol. The van der Waals surface area contributed by atoms with Crippen molar-refractivity contribution in [2.24, 2.45) is 0 Å². The zero-order valence-electron chi connectivity index (χ0n) is 16.1. The van der Waals surface area contributed by atoms with Gasteiger partial charge >= 0.3 is 6.03 Å². The Morgan fingerprint density at radius 1 is 1.00 bits per heavy atom. The molecule has 27 heavy (non-hydrogen) atoms. The highest BCUT2D eigenvalue weighted by Crippen LogP contribution is 2.10. The van der Waals surface area contributed by atoms with E-state index in [1.54, 1.807) is 4.90 Å². The van der Waals surface area contributed by atoms with Gasteiger partial charge in [0.15, 0.2) is 0 Å². The van der Waals surface area contributed by atoms with Crippen LogP contribution in [0.3, 0.4) is 0 Å². The first-order valence-corrected chi connectivity index (χ1v) is 9.88. The van der Waals surface area contributed by atoms with E-state index in [1.807, 2.05) is 35.2 Å². The molecule has 2 saturated heterocycles. The first kappa shape index (κ1) is 19.6. The maximum Gasteiger partial charge on any atom is 0.317 e. The van der Waals surface area contributed by atoms with Gasteiger partial charge in [0.05, 0.1) is 13.2 Å². The topological polar surface area (TPSA) is 65.1 Å². The van der Waals surface area contributed by atoms with Crippen LogP contribution in [-0.4, -0.2) is 91.7 Å². The fourth-order valence-corrected chi connectivity index (χ4v) is 3.67. The zero-order valence-corrected chi connectivity index (χ0v) is 16.1. The quantitative estimate of drug-likeness (QED) is 0.843. The van der Waals surface area contributed by atoms with Crippen LogP contribution in [0.2, 0.25) is 0 Å². The van der Waals surface area contributed by atoms with Gasteiger partial charge in [-0.05, 0) is 18.6 Å². The maximum absolute atomic E-state index is 12.5. The Labute approximate surface area is 161 Å². The van der Waals surface area contributed by atoms with Crippen LogP contribution in [0, 0.1) is 0 Å². The van der Waals surface area contributed by atoms with E-state index >= 15 is 0 Å². The van der Waals surface area contributed by atoms with Crippen molar-refractivity contribution >= 4 is 11.9 Å². The van der Waals surface area contributed by atoms with Crippen molar-refractivity contribution < 1.29 is 14.3 Å². The van der Waals surface area contributed by atoms with E-state index < -0.39 is 0 Å². The van der Waals surface area contributed by atoms with Gasteiger partial charge in [-0.1, -0.05) is 25.1 Å². The van der Waals surface area contributed by atoms with Gasteiger partial charge in [-0.3, -0.25) is 9.69 Å². The van der Waals surface area contributed by atoms with Crippen molar-refractivity contribution in [3.05, 3.63) is 35.9 Å². The number of carbonyl (C=O) groups excluding carboxylic acids is 2. The summed E-state index contributed by atoms with van der Waals surface area (Å²) in [7, 11) is 0. The van der Waals surface area contributed by atoms with Crippen LogP contribution in [-0.2, 0) is 4.74 Å². The third kappa shape index (κ3) is 5.20. The number of ether oxygens (including phenoxy) is 1. The van der Waals surface area contributed by atoms with Gasteiger partial charge in [0, 0.05) is 57.4 Å². The minimum absolute atomic E-state index is 0.0338. The van der Waals surface area contributed by atoms with Crippen LogP contribution in [0.4, 0.5) is 4.79 Å². The van der Waals surface area contributed by atoms with Crippen LogP contribution < -0.4 is 5.32 Å². The average molecular weight is 374 g/mol. The number of nitrogens with zero attached hydrogens (tertiary/aromatic N) is 3. The first-order chi connectivity index (χ1) is 13.2. The molecule has 2 aliphatic heterocycles. The van der Waals surface area contributed by atoms with Crippen molar-refractivity contribution in [1.29, 1.82) is 0 Å². The average Bonchev–Trinajstić information content (AvgIpc) is 2.75. The molecular weight excluding hydrogens is 344 g/mol. The molecule has 3 rings (SSSR count). The summed E-state index contributed by atoms with van der Waals surface area (Å²) >= 11 is 0. The van der Waals surface area contributed by atoms with Gasteiger partial charge in [-0.25, -0.2) is 4.79 Å². The maximum atomic E-state index is 12.5. The molecule has 1 atom stereocenters. The number of hydrogen-bond donors (Lipinski definition) is 1. The highest BCUT2D eigenvalue weighted by molar-refractivity contribution is 5.94. The third-order valence-corrected chi connectivity index (χ3v) is 5.40. The molecule has 0 saturated carbocycles. The van der Waals surface area contributed by atoms with E-state index in [2.05, 4.69) is 17.1 Å². The lowest BCUT2D eigenvalue weighted by atomic mass is 10.1. The number of hydrogen-bond acceptors (Lipinski definition) is 4. The minimum Gasteiger partial charge on any atom is -0.379 e. The molecule has 148 valence electrons. The largest absolute Gasteiger partial charge is 0.379 e. The molecule has 2 fully saturated rings. The van der Waals surface area contributed by atoms with Gasteiger partial charge in [-0.15, -0.1) is 0 Å². The number of benzene rings is 1. The van der Waals surface area contributed by atoms with Crippen molar-refractivity contribution in [3.63, 3.8) is 0 Å². The second-order valence-corrected chi connectivity index (χ2v) is 7.04. The molecule has 7 heteroatoms. The lowest BCUT2D eigenvalue weighted by Gasteiger charge is -2.36. The summed E-state index contributed by atoms with van der Waals surface area (Å²) in [5.41, 5.74) is 0.701.